The molecule has 1 aromatic carbocycles. The summed E-state index contributed by atoms with van der Waals surface area (Å²) >= 11 is 6.07. The van der Waals surface area contributed by atoms with Gasteiger partial charge in [-0.2, -0.15) is 0 Å². The number of carbonyl (C=O) groups excluding carboxylic acids is 1. The lowest BCUT2D eigenvalue weighted by atomic mass is 10.1. The second-order valence-electron chi connectivity index (χ2n) is 4.14. The van der Waals surface area contributed by atoms with Crippen molar-refractivity contribution in [1.29, 1.82) is 0 Å². The Balaban J connectivity index is 2.08. The number of nitrogens with one attached hydrogen (secondary N) is 1. The summed E-state index contributed by atoms with van der Waals surface area (Å²) in [6.45, 7) is 2.05. The van der Waals surface area contributed by atoms with Crippen LogP contribution in [0.1, 0.15) is 25.3 Å². The first-order chi connectivity index (χ1) is 8.20. The second-order valence-corrected chi connectivity index (χ2v) is 4.54. The lowest BCUT2D eigenvalue weighted by Crippen LogP contribution is -2.29. The van der Waals surface area contributed by atoms with Crippen molar-refractivity contribution in [2.75, 3.05) is 0 Å². The molecule has 1 heterocycles. The number of aliphatic imine (C=N–C) groups is 1. The molecule has 17 heavy (non-hydrogen) atoms. The minimum absolute atomic E-state index is 0.00824. The number of hydrogen-bond donors (Lipinski definition) is 1. The average Bonchev–Trinajstić information content (AvgIpc) is 2.63. The van der Waals surface area contributed by atoms with Crippen LogP contribution in [0.15, 0.2) is 29.3 Å². The van der Waals surface area contributed by atoms with Crippen molar-refractivity contribution < 1.29 is 4.79 Å². The monoisotopic (exact) mass is 250 g/mol. The first-order valence-corrected chi connectivity index (χ1v) is 6.19. The van der Waals surface area contributed by atoms with E-state index in [1.807, 2.05) is 24.3 Å². The van der Waals surface area contributed by atoms with Crippen LogP contribution in [0.5, 0.6) is 0 Å². The molecule has 1 aromatic rings. The van der Waals surface area contributed by atoms with Crippen LogP contribution < -0.4 is 5.32 Å². The molecule has 90 valence electrons. The highest BCUT2D eigenvalue weighted by atomic mass is 35.5. The van der Waals surface area contributed by atoms with Crippen LogP contribution in [0.4, 0.5) is 0 Å². The van der Waals surface area contributed by atoms with Gasteiger partial charge in [0.25, 0.3) is 0 Å². The number of nitrogens with zero attached hydrogens (tertiary/aromatic N) is 1. The molecule has 0 saturated carbocycles. The van der Waals surface area contributed by atoms with Gasteiger partial charge >= 0.3 is 0 Å². The van der Waals surface area contributed by atoms with Gasteiger partial charge in [0.1, 0.15) is 11.9 Å². The number of amidine groups is 1. The lowest BCUT2D eigenvalue weighted by molar-refractivity contribution is -0.120. The fourth-order valence-electron chi connectivity index (χ4n) is 1.89. The van der Waals surface area contributed by atoms with Crippen molar-refractivity contribution in [3.05, 3.63) is 34.9 Å². The van der Waals surface area contributed by atoms with Gasteiger partial charge in [-0.1, -0.05) is 43.1 Å². The highest BCUT2D eigenvalue weighted by Gasteiger charge is 2.25. The molecule has 1 aliphatic rings. The summed E-state index contributed by atoms with van der Waals surface area (Å²) in [6.07, 6.45) is 2.35. The Morgan fingerprint density at radius 1 is 1.41 bits per heavy atom. The van der Waals surface area contributed by atoms with Crippen molar-refractivity contribution in [1.82, 2.24) is 5.32 Å². The Morgan fingerprint density at radius 3 is 2.88 bits per heavy atom. The molecule has 2 rings (SSSR count). The summed E-state index contributed by atoms with van der Waals surface area (Å²) in [5, 5.41) is 3.53. The number of amides is 1. The first-order valence-electron chi connectivity index (χ1n) is 5.81. The van der Waals surface area contributed by atoms with E-state index >= 15 is 0 Å². The van der Waals surface area contributed by atoms with Gasteiger partial charge < -0.3 is 5.32 Å². The zero-order valence-electron chi connectivity index (χ0n) is 9.74. The summed E-state index contributed by atoms with van der Waals surface area (Å²) in [4.78, 5) is 16.0. The largest absolute Gasteiger partial charge is 0.312 e. The Hall–Kier alpha value is -1.35. The van der Waals surface area contributed by atoms with E-state index in [1.54, 1.807) is 0 Å². The number of carbonyl (C=O) groups is 1. The van der Waals surface area contributed by atoms with Gasteiger partial charge in [-0.25, -0.2) is 0 Å². The maximum Gasteiger partial charge on any atom is 0.250 e. The molecule has 0 radical (unpaired) electrons. The lowest BCUT2D eigenvalue weighted by Gasteiger charge is -2.03. The van der Waals surface area contributed by atoms with Crippen LogP contribution >= 0.6 is 11.6 Å². The van der Waals surface area contributed by atoms with Crippen LogP contribution in [0, 0.1) is 0 Å². The SMILES string of the molecule is CCCC1N=C(Cc2ccccc2Cl)NC1=O. The van der Waals surface area contributed by atoms with E-state index in [0.717, 1.165) is 24.2 Å². The third-order valence-corrected chi connectivity index (χ3v) is 3.13. The number of halogens is 1. The van der Waals surface area contributed by atoms with E-state index in [-0.39, 0.29) is 11.9 Å². The average molecular weight is 251 g/mol. The van der Waals surface area contributed by atoms with Gasteiger partial charge in [0.05, 0.1) is 0 Å². The van der Waals surface area contributed by atoms with Gasteiger partial charge in [0.2, 0.25) is 5.91 Å². The summed E-state index contributed by atoms with van der Waals surface area (Å²) in [5.74, 6) is 0.732. The summed E-state index contributed by atoms with van der Waals surface area (Å²) in [5.41, 5.74) is 0.991. The molecule has 0 fully saturated rings. The quantitative estimate of drug-likeness (QED) is 0.877. The zero-order chi connectivity index (χ0) is 12.3. The molecule has 1 N–H and O–H groups in total. The number of hydrogen-bond acceptors (Lipinski definition) is 2. The van der Waals surface area contributed by atoms with E-state index in [2.05, 4.69) is 17.2 Å². The van der Waals surface area contributed by atoms with Crippen LogP contribution in [-0.4, -0.2) is 17.8 Å². The molecule has 0 saturated heterocycles. The first kappa shape index (κ1) is 12.1. The fourth-order valence-corrected chi connectivity index (χ4v) is 2.09. The topological polar surface area (TPSA) is 41.5 Å². The minimum atomic E-state index is -0.211. The standard InChI is InChI=1S/C13H15ClN2O/c1-2-5-11-13(17)16-12(15-11)8-9-6-3-4-7-10(9)14/h3-4,6-7,11H,2,5,8H2,1H3,(H,15,16,17). The summed E-state index contributed by atoms with van der Waals surface area (Å²) in [6, 6.07) is 7.41. The van der Waals surface area contributed by atoms with E-state index in [0.29, 0.717) is 11.4 Å². The maximum atomic E-state index is 11.6. The molecular formula is C13H15ClN2O. The second kappa shape index (κ2) is 5.32. The highest BCUT2D eigenvalue weighted by molar-refractivity contribution is 6.31. The van der Waals surface area contributed by atoms with Crippen molar-refractivity contribution in [2.45, 2.75) is 32.2 Å². The van der Waals surface area contributed by atoms with E-state index in [1.165, 1.54) is 0 Å². The fraction of sp³-hybridized carbons (Fsp3) is 0.385. The van der Waals surface area contributed by atoms with Gasteiger partial charge in [-0.05, 0) is 18.1 Å². The Bertz CT molecular complexity index is 456. The molecular weight excluding hydrogens is 236 g/mol. The van der Waals surface area contributed by atoms with Gasteiger partial charge in [-0.3, -0.25) is 9.79 Å². The van der Waals surface area contributed by atoms with Crippen LogP contribution in [-0.2, 0) is 11.2 Å². The molecule has 0 spiro atoms. The van der Waals surface area contributed by atoms with Crippen molar-refractivity contribution in [2.24, 2.45) is 4.99 Å². The Morgan fingerprint density at radius 2 is 2.18 bits per heavy atom. The maximum absolute atomic E-state index is 11.6. The Labute approximate surface area is 106 Å². The molecule has 0 aliphatic carbocycles. The predicted molar refractivity (Wildman–Crippen MR) is 69.4 cm³/mol. The molecule has 1 amide bonds. The minimum Gasteiger partial charge on any atom is -0.312 e. The zero-order valence-corrected chi connectivity index (χ0v) is 10.5. The molecule has 3 nitrogen and oxygen atoms in total. The summed E-state index contributed by atoms with van der Waals surface area (Å²) < 4.78 is 0. The smallest absolute Gasteiger partial charge is 0.250 e. The Kier molecular flexibility index (Phi) is 3.79. The van der Waals surface area contributed by atoms with E-state index in [4.69, 9.17) is 11.6 Å². The van der Waals surface area contributed by atoms with Crippen LogP contribution in [0.3, 0.4) is 0 Å². The molecule has 4 heteroatoms. The molecule has 1 unspecified atom stereocenters. The van der Waals surface area contributed by atoms with Crippen molar-refractivity contribution >= 4 is 23.3 Å². The molecule has 1 aliphatic heterocycles. The van der Waals surface area contributed by atoms with Crippen LogP contribution in [0.2, 0.25) is 5.02 Å². The van der Waals surface area contributed by atoms with Gasteiger partial charge in [-0.15, -0.1) is 0 Å². The predicted octanol–water partition coefficient (Wildman–Crippen LogP) is 2.58. The highest BCUT2D eigenvalue weighted by Crippen LogP contribution is 2.17. The number of benzene rings is 1. The van der Waals surface area contributed by atoms with Crippen LogP contribution in [0.25, 0.3) is 0 Å². The third-order valence-electron chi connectivity index (χ3n) is 2.76. The third kappa shape index (κ3) is 2.86. The number of rotatable bonds is 4. The van der Waals surface area contributed by atoms with Crippen molar-refractivity contribution in [3.63, 3.8) is 0 Å². The normalized spacial score (nSPS) is 19.1. The van der Waals surface area contributed by atoms with Gasteiger partial charge in [0.15, 0.2) is 0 Å². The summed E-state index contributed by atoms with van der Waals surface area (Å²) in [7, 11) is 0. The van der Waals surface area contributed by atoms with E-state index in [9.17, 15) is 4.79 Å². The molecule has 0 bridgehead atoms. The molecule has 1 atom stereocenters. The molecule has 0 aromatic heterocycles. The van der Waals surface area contributed by atoms with Crippen molar-refractivity contribution in [3.8, 4) is 0 Å². The van der Waals surface area contributed by atoms with E-state index < -0.39 is 0 Å². The van der Waals surface area contributed by atoms with Gasteiger partial charge in [0, 0.05) is 11.4 Å².